The van der Waals surface area contributed by atoms with Crippen LogP contribution in [0.1, 0.15) is 6.92 Å². The van der Waals surface area contributed by atoms with Gasteiger partial charge in [-0.1, -0.05) is 0 Å². The molecule has 0 aliphatic heterocycles. The zero-order valence-corrected chi connectivity index (χ0v) is 9.52. The fraction of sp³-hybridized carbons (Fsp3) is 0.833. The Morgan fingerprint density at radius 3 is 2.31 bits per heavy atom. The lowest BCUT2D eigenvalue weighted by Crippen LogP contribution is -2.06. The van der Waals surface area contributed by atoms with Crippen molar-refractivity contribution in [2.24, 2.45) is 0 Å². The van der Waals surface area contributed by atoms with Gasteiger partial charge in [0.2, 0.25) is 0 Å². The van der Waals surface area contributed by atoms with Crippen LogP contribution < -0.4 is 0 Å². The second-order valence-electron chi connectivity index (χ2n) is 1.89. The summed E-state index contributed by atoms with van der Waals surface area (Å²) in [7, 11) is 2.53. The first-order chi connectivity index (χ1) is 6.08. The van der Waals surface area contributed by atoms with Crippen LogP contribution in [0, 0.1) is 0 Å². The van der Waals surface area contributed by atoms with E-state index in [1.54, 1.807) is 6.92 Å². The lowest BCUT2D eigenvalue weighted by Gasteiger charge is -2.11. The third-order valence-corrected chi connectivity index (χ3v) is 4.90. The van der Waals surface area contributed by atoms with Crippen LogP contribution in [0.25, 0.3) is 0 Å². The van der Waals surface area contributed by atoms with Crippen molar-refractivity contribution in [2.75, 3.05) is 26.6 Å². The highest BCUT2D eigenvalue weighted by molar-refractivity contribution is 8.55. The minimum atomic E-state index is -3.14. The van der Waals surface area contributed by atoms with Crippen LogP contribution in [0.2, 0.25) is 0 Å². The molecule has 0 amide bonds. The largest absolute Gasteiger partial charge is 0.465 e. The topological polar surface area (TPSA) is 61.8 Å². The van der Waals surface area contributed by atoms with E-state index in [1.807, 2.05) is 0 Å². The Morgan fingerprint density at radius 2 is 1.92 bits per heavy atom. The molecular formula is C6H13O5PS. The van der Waals surface area contributed by atoms with Gasteiger partial charge in [-0.3, -0.25) is 4.79 Å². The molecule has 0 saturated carbocycles. The van der Waals surface area contributed by atoms with E-state index in [1.165, 1.54) is 14.2 Å². The zero-order valence-electron chi connectivity index (χ0n) is 7.81. The van der Waals surface area contributed by atoms with Crippen molar-refractivity contribution in [1.29, 1.82) is 0 Å². The molecule has 0 aromatic rings. The van der Waals surface area contributed by atoms with Gasteiger partial charge in [0.05, 0.1) is 6.61 Å². The number of carbonyl (C=O) groups is 1. The number of rotatable bonds is 6. The van der Waals surface area contributed by atoms with E-state index in [-0.39, 0.29) is 5.75 Å². The van der Waals surface area contributed by atoms with E-state index in [2.05, 4.69) is 13.8 Å². The smallest absolute Gasteiger partial charge is 0.389 e. The van der Waals surface area contributed by atoms with E-state index in [0.29, 0.717) is 6.61 Å². The Bertz CT molecular complexity index is 199. The molecule has 5 nitrogen and oxygen atoms in total. The summed E-state index contributed by atoms with van der Waals surface area (Å²) in [5, 5.41) is 0. The van der Waals surface area contributed by atoms with Crippen LogP contribution in [-0.2, 0) is 23.1 Å². The summed E-state index contributed by atoms with van der Waals surface area (Å²) >= 11 is 0.808. The van der Waals surface area contributed by atoms with Gasteiger partial charge in [0.25, 0.3) is 0 Å². The third-order valence-electron chi connectivity index (χ3n) is 1.09. The average Bonchev–Trinajstić information content (AvgIpc) is 2.15. The number of hydrogen-bond acceptors (Lipinski definition) is 6. The van der Waals surface area contributed by atoms with Crippen LogP contribution in [0.15, 0.2) is 0 Å². The quantitative estimate of drug-likeness (QED) is 0.509. The minimum Gasteiger partial charge on any atom is -0.465 e. The summed E-state index contributed by atoms with van der Waals surface area (Å²) in [6, 6.07) is 0. The fourth-order valence-corrected chi connectivity index (χ4v) is 2.64. The van der Waals surface area contributed by atoms with Crippen LogP contribution in [0.4, 0.5) is 0 Å². The molecule has 0 aliphatic carbocycles. The Kier molecular flexibility index (Phi) is 6.41. The first-order valence-electron chi connectivity index (χ1n) is 3.59. The van der Waals surface area contributed by atoms with E-state index in [4.69, 9.17) is 0 Å². The van der Waals surface area contributed by atoms with Crippen molar-refractivity contribution in [3.05, 3.63) is 0 Å². The predicted molar refractivity (Wildman–Crippen MR) is 50.7 cm³/mol. The number of carbonyl (C=O) groups excluding carboxylic acids is 1. The maximum atomic E-state index is 11.4. The van der Waals surface area contributed by atoms with E-state index in [9.17, 15) is 9.36 Å². The van der Waals surface area contributed by atoms with Crippen molar-refractivity contribution >= 4 is 24.1 Å². The molecule has 0 aromatic carbocycles. The maximum absolute atomic E-state index is 11.4. The van der Waals surface area contributed by atoms with Crippen LogP contribution in [0.5, 0.6) is 0 Å². The molecule has 0 N–H and O–H groups in total. The number of esters is 1. The van der Waals surface area contributed by atoms with Gasteiger partial charge in [0, 0.05) is 14.2 Å². The first-order valence-corrected chi connectivity index (χ1v) is 6.73. The van der Waals surface area contributed by atoms with Gasteiger partial charge < -0.3 is 13.8 Å². The van der Waals surface area contributed by atoms with E-state index in [0.717, 1.165) is 11.4 Å². The number of ether oxygens (including phenoxy) is 1. The molecule has 0 atom stereocenters. The Balaban J connectivity index is 3.86. The van der Waals surface area contributed by atoms with Gasteiger partial charge in [-0.15, -0.1) is 0 Å². The highest BCUT2D eigenvalue weighted by Crippen LogP contribution is 2.59. The van der Waals surface area contributed by atoms with Crippen LogP contribution in [0.3, 0.4) is 0 Å². The summed E-state index contributed by atoms with van der Waals surface area (Å²) in [5.74, 6) is -0.464. The van der Waals surface area contributed by atoms with Gasteiger partial charge in [-0.2, -0.15) is 0 Å². The van der Waals surface area contributed by atoms with Gasteiger partial charge in [0.15, 0.2) is 0 Å². The maximum Gasteiger partial charge on any atom is 0.389 e. The second kappa shape index (κ2) is 6.43. The molecule has 0 aliphatic rings. The average molecular weight is 228 g/mol. The van der Waals surface area contributed by atoms with Gasteiger partial charge >= 0.3 is 12.8 Å². The molecule has 0 fully saturated rings. The predicted octanol–water partition coefficient (Wildman–Crippen LogP) is 1.68. The normalized spacial score (nSPS) is 11.3. The lowest BCUT2D eigenvalue weighted by molar-refractivity contribution is -0.139. The summed E-state index contributed by atoms with van der Waals surface area (Å²) in [6.07, 6.45) is 0. The number of hydrogen-bond donors (Lipinski definition) is 0. The van der Waals surface area contributed by atoms with Crippen molar-refractivity contribution < 1.29 is 23.1 Å². The highest BCUT2D eigenvalue weighted by Gasteiger charge is 2.23. The van der Waals surface area contributed by atoms with Crippen molar-refractivity contribution in [2.45, 2.75) is 6.92 Å². The van der Waals surface area contributed by atoms with Crippen molar-refractivity contribution in [1.82, 2.24) is 0 Å². The lowest BCUT2D eigenvalue weighted by atomic mass is 10.8. The minimum absolute atomic E-state index is 0.0349. The molecule has 0 radical (unpaired) electrons. The molecule has 0 bridgehead atoms. The monoisotopic (exact) mass is 228 g/mol. The molecule has 13 heavy (non-hydrogen) atoms. The molecular weight excluding hydrogens is 215 g/mol. The summed E-state index contributed by atoms with van der Waals surface area (Å²) < 4.78 is 25.2. The molecule has 0 spiro atoms. The fourth-order valence-electron chi connectivity index (χ4n) is 0.514. The zero-order chi connectivity index (χ0) is 10.3. The Morgan fingerprint density at radius 1 is 1.38 bits per heavy atom. The second-order valence-corrected chi connectivity index (χ2v) is 6.18. The molecule has 0 heterocycles. The summed E-state index contributed by atoms with van der Waals surface area (Å²) in [5.41, 5.74) is 0. The van der Waals surface area contributed by atoms with Gasteiger partial charge in [-0.05, 0) is 18.3 Å². The Labute approximate surface area is 81.4 Å². The molecule has 0 aromatic heterocycles. The highest BCUT2D eigenvalue weighted by atomic mass is 32.7. The van der Waals surface area contributed by atoms with Crippen molar-refractivity contribution in [3.63, 3.8) is 0 Å². The first kappa shape index (κ1) is 13.0. The molecule has 7 heteroatoms. The SMILES string of the molecule is CCOC(=O)CSP(=O)(OC)OC. The Hall–Kier alpha value is -0.0300. The standard InChI is InChI=1S/C6H13O5PS/c1-4-11-6(7)5-13-12(8,9-2)10-3/h4-5H2,1-3H3. The van der Waals surface area contributed by atoms with Gasteiger partial charge in [0.1, 0.15) is 5.75 Å². The third kappa shape index (κ3) is 5.31. The summed E-state index contributed by atoms with van der Waals surface area (Å²) in [6.45, 7) is -1.13. The van der Waals surface area contributed by atoms with E-state index >= 15 is 0 Å². The van der Waals surface area contributed by atoms with Crippen molar-refractivity contribution in [3.8, 4) is 0 Å². The molecule has 0 saturated heterocycles. The van der Waals surface area contributed by atoms with Gasteiger partial charge in [-0.25, -0.2) is 4.57 Å². The molecule has 78 valence electrons. The summed E-state index contributed by atoms with van der Waals surface area (Å²) in [4.78, 5) is 10.8. The van der Waals surface area contributed by atoms with E-state index < -0.39 is 12.8 Å². The van der Waals surface area contributed by atoms with Crippen LogP contribution >= 0.6 is 18.2 Å². The molecule has 0 unspecified atom stereocenters. The molecule has 0 rings (SSSR count). The van der Waals surface area contributed by atoms with Crippen LogP contribution in [-0.4, -0.2) is 32.5 Å².